The Labute approximate surface area is 210 Å². The van der Waals surface area contributed by atoms with Crippen LogP contribution in [0.2, 0.25) is 0 Å². The van der Waals surface area contributed by atoms with E-state index >= 15 is 0 Å². The van der Waals surface area contributed by atoms with E-state index in [9.17, 15) is 24.3 Å². The fourth-order valence-electron chi connectivity index (χ4n) is 3.56. The Morgan fingerprint density at radius 2 is 1.33 bits per heavy atom. The van der Waals surface area contributed by atoms with Crippen molar-refractivity contribution < 1.29 is 24.3 Å². The van der Waals surface area contributed by atoms with E-state index in [1.54, 1.807) is 24.3 Å². The molecule has 10 heteroatoms. The molecule has 3 atom stereocenters. The van der Waals surface area contributed by atoms with Crippen molar-refractivity contribution in [1.29, 1.82) is 0 Å². The fraction of sp³-hybridized carbons (Fsp3) is 0.385. The highest BCUT2D eigenvalue weighted by Crippen LogP contribution is 2.06. The van der Waals surface area contributed by atoms with Crippen LogP contribution < -0.4 is 27.4 Å². The maximum atomic E-state index is 12.9. The number of benzene rings is 2. The van der Waals surface area contributed by atoms with Crippen LogP contribution in [-0.2, 0) is 32.0 Å². The molecule has 36 heavy (non-hydrogen) atoms. The number of nitrogens with two attached hydrogens (primary N) is 2. The molecule has 0 fully saturated rings. The molecule has 3 unspecified atom stereocenters. The van der Waals surface area contributed by atoms with Gasteiger partial charge in [0, 0.05) is 12.8 Å². The largest absolute Gasteiger partial charge is 0.480 e. The number of carboxylic acids is 1. The predicted molar refractivity (Wildman–Crippen MR) is 136 cm³/mol. The second-order valence-corrected chi connectivity index (χ2v) is 8.51. The first-order valence-electron chi connectivity index (χ1n) is 11.9. The number of hydrogen-bond acceptors (Lipinski definition) is 6. The molecule has 10 nitrogen and oxygen atoms in total. The molecule has 0 heterocycles. The van der Waals surface area contributed by atoms with Gasteiger partial charge in [-0.25, -0.2) is 4.79 Å². The third-order valence-corrected chi connectivity index (χ3v) is 5.56. The third-order valence-electron chi connectivity index (χ3n) is 5.56. The Hall–Kier alpha value is -3.76. The van der Waals surface area contributed by atoms with Gasteiger partial charge in [0.25, 0.3) is 0 Å². The van der Waals surface area contributed by atoms with Crippen LogP contribution in [0, 0.1) is 0 Å². The van der Waals surface area contributed by atoms with Crippen molar-refractivity contribution >= 4 is 23.7 Å². The summed E-state index contributed by atoms with van der Waals surface area (Å²) in [5.74, 6) is -2.89. The summed E-state index contributed by atoms with van der Waals surface area (Å²) in [5.41, 5.74) is 13.0. The smallest absolute Gasteiger partial charge is 0.326 e. The van der Waals surface area contributed by atoms with Gasteiger partial charge in [0.1, 0.15) is 12.1 Å². The summed E-state index contributed by atoms with van der Waals surface area (Å²) in [5, 5.41) is 17.1. The Balaban J connectivity index is 1.97. The molecule has 0 spiro atoms. The molecule has 0 aliphatic rings. The molecule has 2 aromatic carbocycles. The van der Waals surface area contributed by atoms with E-state index in [0.29, 0.717) is 19.4 Å². The molecule has 0 saturated carbocycles. The number of unbranched alkanes of at least 4 members (excludes halogenated alkanes) is 1. The molecule has 2 aromatic rings. The molecule has 3 amide bonds. The second kappa shape index (κ2) is 15.3. The second-order valence-electron chi connectivity index (χ2n) is 8.51. The van der Waals surface area contributed by atoms with Crippen LogP contribution in [0.4, 0.5) is 0 Å². The van der Waals surface area contributed by atoms with Crippen LogP contribution in [0.5, 0.6) is 0 Å². The molecule has 0 aliphatic heterocycles. The fourth-order valence-corrected chi connectivity index (χ4v) is 3.56. The molecule has 194 valence electrons. The standard InChI is InChI=1S/C26H35N5O5/c27-14-8-7-13-20(28)24(33)31-21(15-18-9-3-1-4-10-18)25(34)29-17-23(32)30-22(26(35)36)16-19-11-5-2-6-12-19/h1-6,9-12,20-22H,7-8,13-17,27-28H2,(H,29,34)(H,30,32)(H,31,33)(H,35,36). The quantitative estimate of drug-likeness (QED) is 0.189. The van der Waals surface area contributed by atoms with E-state index in [1.165, 1.54) is 0 Å². The number of carbonyl (C=O) groups excluding carboxylic acids is 3. The highest BCUT2D eigenvalue weighted by molar-refractivity contribution is 5.92. The zero-order valence-electron chi connectivity index (χ0n) is 20.2. The van der Waals surface area contributed by atoms with Gasteiger partial charge >= 0.3 is 5.97 Å². The average Bonchev–Trinajstić information content (AvgIpc) is 2.87. The van der Waals surface area contributed by atoms with Gasteiger partial charge in [-0.1, -0.05) is 67.1 Å². The van der Waals surface area contributed by atoms with Crippen molar-refractivity contribution in [3.63, 3.8) is 0 Å². The first kappa shape index (κ1) is 28.5. The maximum absolute atomic E-state index is 12.9. The number of aliphatic carboxylic acids is 1. The number of amides is 3. The van der Waals surface area contributed by atoms with E-state index in [2.05, 4.69) is 16.0 Å². The Morgan fingerprint density at radius 3 is 1.86 bits per heavy atom. The lowest BCUT2D eigenvalue weighted by atomic mass is 10.0. The molecule has 0 aromatic heterocycles. The third kappa shape index (κ3) is 10.2. The highest BCUT2D eigenvalue weighted by Gasteiger charge is 2.25. The molecule has 0 saturated heterocycles. The van der Waals surface area contributed by atoms with Crippen LogP contribution in [0.15, 0.2) is 60.7 Å². The summed E-state index contributed by atoms with van der Waals surface area (Å²) in [7, 11) is 0. The summed E-state index contributed by atoms with van der Waals surface area (Å²) in [6, 6.07) is 15.1. The van der Waals surface area contributed by atoms with Crippen molar-refractivity contribution in [1.82, 2.24) is 16.0 Å². The first-order valence-corrected chi connectivity index (χ1v) is 11.9. The average molecular weight is 498 g/mol. The van der Waals surface area contributed by atoms with Crippen molar-refractivity contribution in [2.45, 2.75) is 50.2 Å². The van der Waals surface area contributed by atoms with E-state index < -0.39 is 48.4 Å². The van der Waals surface area contributed by atoms with Gasteiger partial charge in [-0.3, -0.25) is 14.4 Å². The Bertz CT molecular complexity index is 987. The van der Waals surface area contributed by atoms with Crippen LogP contribution in [0.25, 0.3) is 0 Å². The van der Waals surface area contributed by atoms with Gasteiger partial charge in [-0.05, 0) is 30.5 Å². The van der Waals surface area contributed by atoms with Crippen molar-refractivity contribution in [3.8, 4) is 0 Å². The Morgan fingerprint density at radius 1 is 0.778 bits per heavy atom. The van der Waals surface area contributed by atoms with Crippen molar-refractivity contribution in [2.75, 3.05) is 13.1 Å². The van der Waals surface area contributed by atoms with Crippen LogP contribution >= 0.6 is 0 Å². The minimum absolute atomic E-state index is 0.102. The van der Waals surface area contributed by atoms with Gasteiger partial charge in [-0.2, -0.15) is 0 Å². The van der Waals surface area contributed by atoms with Gasteiger partial charge in [0.15, 0.2) is 0 Å². The van der Waals surface area contributed by atoms with Gasteiger partial charge in [0.05, 0.1) is 12.6 Å². The van der Waals surface area contributed by atoms with Crippen LogP contribution in [0.1, 0.15) is 30.4 Å². The minimum Gasteiger partial charge on any atom is -0.480 e. The van der Waals surface area contributed by atoms with E-state index in [0.717, 1.165) is 17.5 Å². The molecule has 0 aliphatic carbocycles. The summed E-state index contributed by atoms with van der Waals surface area (Å²) in [6.07, 6.45) is 2.16. The van der Waals surface area contributed by atoms with E-state index in [4.69, 9.17) is 11.5 Å². The van der Waals surface area contributed by atoms with Gasteiger partial charge in [-0.15, -0.1) is 0 Å². The SMILES string of the molecule is NCCCCC(N)C(=O)NC(Cc1ccccc1)C(=O)NCC(=O)NC(Cc1ccccc1)C(=O)O. The summed E-state index contributed by atoms with van der Waals surface area (Å²) in [4.78, 5) is 49.5. The number of hydrogen-bond donors (Lipinski definition) is 6. The monoisotopic (exact) mass is 497 g/mol. The van der Waals surface area contributed by atoms with Gasteiger partial charge in [0.2, 0.25) is 17.7 Å². The summed E-state index contributed by atoms with van der Waals surface area (Å²) < 4.78 is 0. The van der Waals surface area contributed by atoms with Crippen molar-refractivity contribution in [2.24, 2.45) is 11.5 Å². The first-order chi connectivity index (χ1) is 17.3. The van der Waals surface area contributed by atoms with Crippen LogP contribution in [0.3, 0.4) is 0 Å². The summed E-state index contributed by atoms with van der Waals surface area (Å²) in [6.45, 7) is 0.0602. The minimum atomic E-state index is -1.18. The number of rotatable bonds is 15. The number of carbonyl (C=O) groups is 4. The van der Waals surface area contributed by atoms with E-state index in [-0.39, 0.29) is 12.8 Å². The van der Waals surface area contributed by atoms with Crippen LogP contribution in [-0.4, -0.2) is 60.0 Å². The topological polar surface area (TPSA) is 177 Å². The normalized spacial score (nSPS) is 13.2. The van der Waals surface area contributed by atoms with Gasteiger partial charge < -0.3 is 32.5 Å². The zero-order valence-corrected chi connectivity index (χ0v) is 20.2. The Kier molecular flexibility index (Phi) is 12.1. The lowest BCUT2D eigenvalue weighted by Gasteiger charge is -2.21. The maximum Gasteiger partial charge on any atom is 0.326 e. The molecule has 8 N–H and O–H groups in total. The van der Waals surface area contributed by atoms with Crippen molar-refractivity contribution in [3.05, 3.63) is 71.8 Å². The molecule has 0 radical (unpaired) electrons. The molecular formula is C26H35N5O5. The summed E-state index contributed by atoms with van der Waals surface area (Å²) >= 11 is 0. The molecular weight excluding hydrogens is 462 g/mol. The molecule has 0 bridgehead atoms. The zero-order chi connectivity index (χ0) is 26.3. The number of nitrogens with one attached hydrogen (secondary N) is 3. The lowest BCUT2D eigenvalue weighted by Crippen LogP contribution is -2.54. The predicted octanol–water partition coefficient (Wildman–Crippen LogP) is 0.0985. The van der Waals surface area contributed by atoms with E-state index in [1.807, 2.05) is 36.4 Å². The highest BCUT2D eigenvalue weighted by atomic mass is 16.4. The number of carboxylic acid groups (broad SMARTS) is 1. The molecule has 2 rings (SSSR count). The lowest BCUT2D eigenvalue weighted by molar-refractivity contribution is -0.141.